The Kier molecular flexibility index (Phi) is 15.1. The lowest BCUT2D eigenvalue weighted by atomic mass is 9.96. The van der Waals surface area contributed by atoms with Crippen LogP contribution in [0, 0.1) is 6.92 Å². The first-order valence-electron chi connectivity index (χ1n) is 19.5. The molecule has 0 spiro atoms. The van der Waals surface area contributed by atoms with Crippen molar-refractivity contribution in [3.05, 3.63) is 155 Å². The summed E-state index contributed by atoms with van der Waals surface area (Å²) >= 11 is 0. The topological polar surface area (TPSA) is 118 Å². The largest absolute Gasteiger partial charge is 0.493 e. The highest BCUT2D eigenvalue weighted by Gasteiger charge is 2.40. The third-order valence-corrected chi connectivity index (χ3v) is 16.2. The highest BCUT2D eigenvalue weighted by atomic mass is 32.2. The Labute approximate surface area is 345 Å². The fourth-order valence-electron chi connectivity index (χ4n) is 6.02. The number of Topliss-reactive ketones (excluding diaryl/α,β-unsaturated/α-hetero) is 1. The molecule has 1 N–H and O–H groups in total. The molecule has 1 unspecified atom stereocenters. The summed E-state index contributed by atoms with van der Waals surface area (Å²) in [7, 11) is -5.15. The number of aliphatic hydroxyl groups is 1. The standard InChI is InChI=1S/C47H56O9SSi/c1-34-18-25-41(26-19-34)57(50,51)55-43-27-22-38(29-46(43)52-5)44(56-58(6,7)47(2,3)4)31-39(48)30-42(49)45(54-33-37-16-12-9-13-17-37)28-35-20-23-40(24-21-35)53-32-36-14-10-8-11-15-36/h8-27,29,39,44-45,48H,28,30-33H2,1-7H3/t39?,44-,45+/m1/s1. The third kappa shape index (κ3) is 12.6. The Morgan fingerprint density at radius 3 is 1.95 bits per heavy atom. The van der Waals surface area contributed by atoms with Crippen molar-refractivity contribution in [3.8, 4) is 17.2 Å². The van der Waals surface area contributed by atoms with Gasteiger partial charge >= 0.3 is 10.1 Å². The normalized spacial score (nSPS) is 13.7. The molecule has 0 saturated heterocycles. The summed E-state index contributed by atoms with van der Waals surface area (Å²) in [5, 5.41) is 11.5. The first-order chi connectivity index (χ1) is 27.5. The number of rotatable bonds is 20. The van der Waals surface area contributed by atoms with Crippen LogP contribution in [0.4, 0.5) is 0 Å². The van der Waals surface area contributed by atoms with Gasteiger partial charge in [-0.1, -0.05) is 117 Å². The van der Waals surface area contributed by atoms with Crippen molar-refractivity contribution in [2.45, 2.75) is 102 Å². The molecule has 0 aromatic heterocycles. The molecule has 3 atom stereocenters. The number of aliphatic hydroxyl groups excluding tert-OH is 1. The van der Waals surface area contributed by atoms with Crippen molar-refractivity contribution in [2.24, 2.45) is 0 Å². The zero-order valence-corrected chi connectivity index (χ0v) is 36.3. The number of aryl methyl sites for hydroxylation is 1. The van der Waals surface area contributed by atoms with Crippen molar-refractivity contribution in [1.82, 2.24) is 0 Å². The molecular formula is C47H56O9SSi. The number of benzene rings is 5. The first-order valence-corrected chi connectivity index (χ1v) is 23.8. The molecule has 0 amide bonds. The van der Waals surface area contributed by atoms with Gasteiger partial charge in [0.25, 0.3) is 0 Å². The molecule has 0 radical (unpaired) electrons. The van der Waals surface area contributed by atoms with E-state index >= 15 is 0 Å². The van der Waals surface area contributed by atoms with E-state index in [2.05, 4.69) is 33.9 Å². The molecule has 0 bridgehead atoms. The quantitative estimate of drug-likeness (QED) is 0.0605. The van der Waals surface area contributed by atoms with E-state index < -0.39 is 36.7 Å². The molecule has 0 heterocycles. The van der Waals surface area contributed by atoms with Crippen LogP contribution in [0.3, 0.4) is 0 Å². The highest BCUT2D eigenvalue weighted by molar-refractivity contribution is 7.87. The molecule has 0 saturated carbocycles. The summed E-state index contributed by atoms with van der Waals surface area (Å²) in [5.41, 5.74) is 4.46. The summed E-state index contributed by atoms with van der Waals surface area (Å²) in [4.78, 5) is 14.1. The Morgan fingerprint density at radius 1 is 0.759 bits per heavy atom. The van der Waals surface area contributed by atoms with Gasteiger partial charge in [0.05, 0.1) is 25.9 Å². The number of ketones is 1. The second-order valence-corrected chi connectivity index (χ2v) is 22.4. The van der Waals surface area contributed by atoms with E-state index in [4.69, 9.17) is 22.8 Å². The molecule has 5 aromatic carbocycles. The van der Waals surface area contributed by atoms with Gasteiger partial charge in [0, 0.05) is 19.3 Å². The minimum atomic E-state index is -4.15. The van der Waals surface area contributed by atoms with E-state index in [1.165, 1.54) is 25.3 Å². The molecule has 5 rings (SSSR count). The summed E-state index contributed by atoms with van der Waals surface area (Å²) in [6, 6.07) is 38.5. The van der Waals surface area contributed by atoms with Crippen LogP contribution < -0.4 is 13.7 Å². The van der Waals surface area contributed by atoms with Gasteiger partial charge < -0.3 is 27.9 Å². The van der Waals surface area contributed by atoms with Crippen LogP contribution in [0.15, 0.2) is 132 Å². The number of hydrogen-bond acceptors (Lipinski definition) is 9. The minimum Gasteiger partial charge on any atom is -0.493 e. The van der Waals surface area contributed by atoms with Crippen LogP contribution in [0.5, 0.6) is 17.2 Å². The zero-order valence-electron chi connectivity index (χ0n) is 34.5. The lowest BCUT2D eigenvalue weighted by Gasteiger charge is -2.40. The van der Waals surface area contributed by atoms with Crippen molar-refractivity contribution in [1.29, 1.82) is 0 Å². The molecule has 9 nitrogen and oxygen atoms in total. The SMILES string of the molecule is COc1cc([C@@H](CC(O)CC(=O)[C@H](Cc2ccc(OCc3ccccc3)cc2)OCc2ccccc2)O[Si](C)(C)C(C)(C)C)ccc1OS(=O)(=O)c1ccc(C)cc1. The van der Waals surface area contributed by atoms with Gasteiger partial charge in [-0.25, -0.2) is 0 Å². The molecule has 0 aliphatic heterocycles. The maximum atomic E-state index is 14.0. The van der Waals surface area contributed by atoms with Gasteiger partial charge in [0.1, 0.15) is 23.4 Å². The van der Waals surface area contributed by atoms with Gasteiger partial charge in [-0.3, -0.25) is 4.79 Å². The van der Waals surface area contributed by atoms with Crippen molar-refractivity contribution in [2.75, 3.05) is 7.11 Å². The zero-order chi connectivity index (χ0) is 41.9. The average molecular weight is 825 g/mol. The van der Waals surface area contributed by atoms with Crippen molar-refractivity contribution in [3.63, 3.8) is 0 Å². The molecular weight excluding hydrogens is 769 g/mol. The summed E-state index contributed by atoms with van der Waals surface area (Å²) < 4.78 is 56.6. The fraction of sp³-hybridized carbons (Fsp3) is 0.340. The Hall–Kier alpha value is -4.78. The van der Waals surface area contributed by atoms with E-state index in [-0.39, 0.29) is 46.7 Å². The predicted molar refractivity (Wildman–Crippen MR) is 229 cm³/mol. The summed E-state index contributed by atoms with van der Waals surface area (Å²) in [6.45, 7) is 13.2. The first kappa shape index (κ1) is 44.3. The Morgan fingerprint density at radius 2 is 1.36 bits per heavy atom. The molecule has 0 aliphatic rings. The van der Waals surface area contributed by atoms with Crippen LogP contribution in [-0.4, -0.2) is 46.9 Å². The van der Waals surface area contributed by atoms with E-state index in [1.54, 1.807) is 24.3 Å². The van der Waals surface area contributed by atoms with Crippen molar-refractivity contribution >= 4 is 24.2 Å². The lowest BCUT2D eigenvalue weighted by Crippen LogP contribution is -2.42. The van der Waals surface area contributed by atoms with Gasteiger partial charge in [-0.15, -0.1) is 0 Å². The Bertz CT molecular complexity index is 2170. The molecule has 0 fully saturated rings. The minimum absolute atomic E-state index is 0.0165. The molecule has 308 valence electrons. The predicted octanol–water partition coefficient (Wildman–Crippen LogP) is 9.95. The second-order valence-electron chi connectivity index (χ2n) is 16.1. The fourth-order valence-corrected chi connectivity index (χ4v) is 8.25. The van der Waals surface area contributed by atoms with E-state index in [9.17, 15) is 18.3 Å². The Balaban J connectivity index is 1.33. The monoisotopic (exact) mass is 824 g/mol. The number of ether oxygens (including phenoxy) is 3. The number of hydrogen-bond donors (Lipinski definition) is 1. The number of methoxy groups -OCH3 is 1. The van der Waals surface area contributed by atoms with Gasteiger partial charge in [-0.05, 0) is 83.7 Å². The maximum Gasteiger partial charge on any atom is 0.339 e. The molecule has 0 aliphatic carbocycles. The van der Waals surface area contributed by atoms with Gasteiger partial charge in [0.2, 0.25) is 0 Å². The van der Waals surface area contributed by atoms with Gasteiger partial charge in [0.15, 0.2) is 25.6 Å². The lowest BCUT2D eigenvalue weighted by molar-refractivity contribution is -0.133. The van der Waals surface area contributed by atoms with Gasteiger partial charge in [-0.2, -0.15) is 8.42 Å². The van der Waals surface area contributed by atoms with Crippen LogP contribution in [-0.2, 0) is 43.7 Å². The average Bonchev–Trinajstić information content (AvgIpc) is 3.19. The summed E-state index contributed by atoms with van der Waals surface area (Å²) in [5.74, 6) is 0.686. The number of carbonyl (C=O) groups excluding carboxylic acids is 1. The molecule has 5 aromatic rings. The number of carbonyl (C=O) groups is 1. The summed E-state index contributed by atoms with van der Waals surface area (Å²) in [6.07, 6.45) is -2.30. The second kappa shape index (κ2) is 19.8. The van der Waals surface area contributed by atoms with E-state index in [0.717, 1.165) is 22.3 Å². The van der Waals surface area contributed by atoms with E-state index in [0.29, 0.717) is 24.3 Å². The van der Waals surface area contributed by atoms with Crippen LogP contribution >= 0.6 is 0 Å². The highest BCUT2D eigenvalue weighted by Crippen LogP contribution is 2.42. The third-order valence-electron chi connectivity index (χ3n) is 10.5. The van der Waals surface area contributed by atoms with Crippen LogP contribution in [0.1, 0.15) is 67.5 Å². The van der Waals surface area contributed by atoms with Crippen LogP contribution in [0.25, 0.3) is 0 Å². The van der Waals surface area contributed by atoms with Crippen molar-refractivity contribution < 1.29 is 41.1 Å². The molecule has 58 heavy (non-hydrogen) atoms. The van der Waals surface area contributed by atoms with Crippen LogP contribution in [0.2, 0.25) is 18.1 Å². The maximum absolute atomic E-state index is 14.0. The molecule has 11 heteroatoms. The van der Waals surface area contributed by atoms with E-state index in [1.807, 2.05) is 91.9 Å². The smallest absolute Gasteiger partial charge is 0.339 e.